The molecule has 94 valence electrons. The summed E-state index contributed by atoms with van der Waals surface area (Å²) in [6.45, 7) is 2.15. The zero-order valence-corrected chi connectivity index (χ0v) is 11.0. The fraction of sp³-hybridized carbons (Fsp3) is 0.364. The molecule has 1 aromatic carbocycles. The van der Waals surface area contributed by atoms with Crippen LogP contribution in [0.2, 0.25) is 10.0 Å². The molecule has 0 aromatic heterocycles. The maximum atomic E-state index is 11.8. The van der Waals surface area contributed by atoms with Gasteiger partial charge in [0, 0.05) is 18.2 Å². The van der Waals surface area contributed by atoms with Crippen LogP contribution in [0.15, 0.2) is 12.1 Å². The minimum Gasteiger partial charge on any atom is -0.507 e. The Morgan fingerprint density at radius 2 is 2.18 bits per heavy atom. The maximum Gasteiger partial charge on any atom is 0.256 e. The van der Waals surface area contributed by atoms with Crippen LogP contribution in [0.1, 0.15) is 17.3 Å². The molecule has 2 N–H and O–H groups in total. The largest absolute Gasteiger partial charge is 0.507 e. The van der Waals surface area contributed by atoms with E-state index >= 15 is 0 Å². The van der Waals surface area contributed by atoms with E-state index < -0.39 is 5.91 Å². The van der Waals surface area contributed by atoms with Crippen molar-refractivity contribution in [3.63, 3.8) is 0 Å². The van der Waals surface area contributed by atoms with Crippen molar-refractivity contribution in [1.82, 2.24) is 5.32 Å². The lowest BCUT2D eigenvalue weighted by molar-refractivity contribution is 0.0903. The van der Waals surface area contributed by atoms with Gasteiger partial charge < -0.3 is 15.2 Å². The summed E-state index contributed by atoms with van der Waals surface area (Å²) in [6.07, 6.45) is 0. The molecular weight excluding hydrogens is 265 g/mol. The summed E-state index contributed by atoms with van der Waals surface area (Å²) >= 11 is 11.5. The minimum atomic E-state index is -0.464. The first-order valence-electron chi connectivity index (χ1n) is 4.93. The van der Waals surface area contributed by atoms with Gasteiger partial charge in [-0.25, -0.2) is 0 Å². The number of aromatic hydroxyl groups is 1. The number of phenols is 1. The Hall–Kier alpha value is -0.970. The highest BCUT2D eigenvalue weighted by molar-refractivity contribution is 6.37. The number of amides is 1. The van der Waals surface area contributed by atoms with Crippen LogP contribution in [0.3, 0.4) is 0 Å². The topological polar surface area (TPSA) is 58.6 Å². The van der Waals surface area contributed by atoms with Crippen molar-refractivity contribution in [1.29, 1.82) is 0 Å². The highest BCUT2D eigenvalue weighted by Crippen LogP contribution is 2.29. The van der Waals surface area contributed by atoms with Gasteiger partial charge in [-0.3, -0.25) is 4.79 Å². The quantitative estimate of drug-likeness (QED) is 0.889. The molecule has 0 saturated heterocycles. The molecule has 1 aromatic rings. The lowest BCUT2D eigenvalue weighted by atomic mass is 10.1. The summed E-state index contributed by atoms with van der Waals surface area (Å²) in [4.78, 5) is 11.8. The first-order chi connectivity index (χ1) is 7.95. The van der Waals surface area contributed by atoms with Crippen molar-refractivity contribution in [2.24, 2.45) is 0 Å². The van der Waals surface area contributed by atoms with Gasteiger partial charge >= 0.3 is 0 Å². The SMILES string of the molecule is COC[C@@H](C)NC(=O)c1c(O)cc(Cl)cc1Cl. The number of halogens is 2. The number of carbonyl (C=O) groups is 1. The second-order valence-electron chi connectivity index (χ2n) is 3.61. The van der Waals surface area contributed by atoms with Gasteiger partial charge in [0.05, 0.1) is 17.2 Å². The second-order valence-corrected chi connectivity index (χ2v) is 4.46. The first-order valence-corrected chi connectivity index (χ1v) is 5.69. The van der Waals surface area contributed by atoms with Crippen molar-refractivity contribution in [3.8, 4) is 5.75 Å². The predicted molar refractivity (Wildman–Crippen MR) is 66.9 cm³/mol. The maximum absolute atomic E-state index is 11.8. The average molecular weight is 278 g/mol. The van der Waals surface area contributed by atoms with Crippen LogP contribution in [0.25, 0.3) is 0 Å². The zero-order chi connectivity index (χ0) is 13.0. The number of methoxy groups -OCH3 is 1. The number of hydrogen-bond acceptors (Lipinski definition) is 3. The third kappa shape index (κ3) is 3.77. The van der Waals surface area contributed by atoms with Crippen LogP contribution in [-0.4, -0.2) is 30.8 Å². The summed E-state index contributed by atoms with van der Waals surface area (Å²) in [5.74, 6) is -0.710. The zero-order valence-electron chi connectivity index (χ0n) is 9.46. The normalized spacial score (nSPS) is 12.2. The molecule has 1 amide bonds. The summed E-state index contributed by atoms with van der Waals surface area (Å²) < 4.78 is 4.89. The van der Waals surface area contributed by atoms with E-state index in [2.05, 4.69) is 5.32 Å². The molecule has 0 bridgehead atoms. The molecule has 0 aliphatic rings. The molecule has 0 aliphatic heterocycles. The van der Waals surface area contributed by atoms with Crippen LogP contribution in [0.4, 0.5) is 0 Å². The molecule has 1 rings (SSSR count). The Balaban J connectivity index is 2.89. The van der Waals surface area contributed by atoms with E-state index in [4.69, 9.17) is 27.9 Å². The van der Waals surface area contributed by atoms with Gasteiger partial charge in [0.1, 0.15) is 5.75 Å². The monoisotopic (exact) mass is 277 g/mol. The molecule has 0 radical (unpaired) electrons. The van der Waals surface area contributed by atoms with E-state index in [9.17, 15) is 9.90 Å². The number of benzene rings is 1. The molecule has 17 heavy (non-hydrogen) atoms. The van der Waals surface area contributed by atoms with Crippen LogP contribution in [0.5, 0.6) is 5.75 Å². The summed E-state index contributed by atoms with van der Waals surface area (Å²) in [6, 6.07) is 2.49. The standard InChI is InChI=1S/C11H13Cl2NO3/c1-6(5-17-2)14-11(16)10-8(13)3-7(12)4-9(10)15/h3-4,6,15H,5H2,1-2H3,(H,14,16)/t6-/m1/s1. The van der Waals surface area contributed by atoms with Gasteiger partial charge in [-0.15, -0.1) is 0 Å². The van der Waals surface area contributed by atoms with Gasteiger partial charge in [0.15, 0.2) is 0 Å². The lowest BCUT2D eigenvalue weighted by Gasteiger charge is -2.14. The van der Waals surface area contributed by atoms with Gasteiger partial charge in [0.2, 0.25) is 0 Å². The van der Waals surface area contributed by atoms with Crippen molar-refractivity contribution in [2.45, 2.75) is 13.0 Å². The smallest absolute Gasteiger partial charge is 0.256 e. The van der Waals surface area contributed by atoms with Crippen LogP contribution >= 0.6 is 23.2 Å². The van der Waals surface area contributed by atoms with E-state index in [1.54, 1.807) is 6.92 Å². The average Bonchev–Trinajstić information content (AvgIpc) is 2.15. The van der Waals surface area contributed by atoms with Gasteiger partial charge in [-0.1, -0.05) is 23.2 Å². The predicted octanol–water partition coefficient (Wildman–Crippen LogP) is 2.46. The number of nitrogens with one attached hydrogen (secondary N) is 1. The number of carbonyl (C=O) groups excluding carboxylic acids is 1. The fourth-order valence-electron chi connectivity index (χ4n) is 1.37. The van der Waals surface area contributed by atoms with Crippen LogP contribution in [-0.2, 0) is 4.74 Å². The van der Waals surface area contributed by atoms with Crippen molar-refractivity contribution in [2.75, 3.05) is 13.7 Å². The molecule has 6 heteroatoms. The molecule has 4 nitrogen and oxygen atoms in total. The Morgan fingerprint density at radius 3 is 2.71 bits per heavy atom. The highest BCUT2D eigenvalue weighted by atomic mass is 35.5. The lowest BCUT2D eigenvalue weighted by Crippen LogP contribution is -2.35. The van der Waals surface area contributed by atoms with E-state index in [0.29, 0.717) is 6.61 Å². The van der Waals surface area contributed by atoms with Crippen molar-refractivity contribution in [3.05, 3.63) is 27.7 Å². The molecule has 1 atom stereocenters. The number of rotatable bonds is 4. The van der Waals surface area contributed by atoms with E-state index in [1.807, 2.05) is 0 Å². The molecular formula is C11H13Cl2NO3. The van der Waals surface area contributed by atoms with Gasteiger partial charge in [-0.2, -0.15) is 0 Å². The van der Waals surface area contributed by atoms with Gasteiger partial charge in [0.25, 0.3) is 5.91 Å². The number of ether oxygens (including phenoxy) is 1. The molecule has 0 fully saturated rings. The Morgan fingerprint density at radius 1 is 1.53 bits per heavy atom. The fourth-order valence-corrected chi connectivity index (χ4v) is 1.94. The molecule has 0 saturated carbocycles. The summed E-state index contributed by atoms with van der Waals surface area (Å²) in [5, 5.41) is 12.7. The molecule has 0 heterocycles. The highest BCUT2D eigenvalue weighted by Gasteiger charge is 2.18. The van der Waals surface area contributed by atoms with E-state index in [-0.39, 0.29) is 27.4 Å². The Labute approximate surface area is 109 Å². The first kappa shape index (κ1) is 14.1. The van der Waals surface area contributed by atoms with Crippen LogP contribution < -0.4 is 5.32 Å². The molecule has 0 unspecified atom stereocenters. The summed E-state index contributed by atoms with van der Waals surface area (Å²) in [5.41, 5.74) is 0.0130. The minimum absolute atomic E-state index is 0.0130. The number of phenolic OH excluding ortho intramolecular Hbond substituents is 1. The molecule has 0 aliphatic carbocycles. The third-order valence-electron chi connectivity index (χ3n) is 2.06. The van der Waals surface area contributed by atoms with Crippen molar-refractivity contribution >= 4 is 29.1 Å². The number of hydrogen-bond donors (Lipinski definition) is 2. The van der Waals surface area contributed by atoms with E-state index in [1.165, 1.54) is 19.2 Å². The Kier molecular flexibility index (Phi) is 5.05. The Bertz CT molecular complexity index is 400. The van der Waals surface area contributed by atoms with E-state index in [0.717, 1.165) is 0 Å². The summed E-state index contributed by atoms with van der Waals surface area (Å²) in [7, 11) is 1.54. The molecule has 0 spiro atoms. The third-order valence-corrected chi connectivity index (χ3v) is 2.57. The van der Waals surface area contributed by atoms with Crippen molar-refractivity contribution < 1.29 is 14.6 Å². The second kappa shape index (κ2) is 6.10. The van der Waals surface area contributed by atoms with Crippen LogP contribution in [0, 0.1) is 0 Å². The van der Waals surface area contributed by atoms with Gasteiger partial charge in [-0.05, 0) is 19.1 Å².